The third kappa shape index (κ3) is 4.31. The first-order chi connectivity index (χ1) is 14.6. The van der Waals surface area contributed by atoms with Crippen LogP contribution in [0.15, 0.2) is 76.8 Å². The Kier molecular flexibility index (Phi) is 5.99. The number of fused-ring (bicyclic) bond motifs is 1. The monoisotopic (exact) mass is 418 g/mol. The van der Waals surface area contributed by atoms with Crippen molar-refractivity contribution < 1.29 is 4.79 Å². The van der Waals surface area contributed by atoms with Crippen LogP contribution in [-0.2, 0) is 18.3 Å². The van der Waals surface area contributed by atoms with E-state index in [4.69, 9.17) is 0 Å². The molecule has 1 amide bonds. The van der Waals surface area contributed by atoms with E-state index in [0.29, 0.717) is 22.7 Å². The van der Waals surface area contributed by atoms with E-state index in [0.717, 1.165) is 17.5 Å². The molecule has 2 N–H and O–H groups in total. The molecule has 0 unspecified atom stereocenters. The minimum Gasteiger partial charge on any atom is -0.355 e. The maximum absolute atomic E-state index is 12.7. The van der Waals surface area contributed by atoms with Gasteiger partial charge >= 0.3 is 0 Å². The molecule has 0 fully saturated rings. The summed E-state index contributed by atoms with van der Waals surface area (Å²) in [6.07, 6.45) is 2.59. The first-order valence-electron chi connectivity index (χ1n) is 9.70. The van der Waals surface area contributed by atoms with Gasteiger partial charge in [-0.2, -0.15) is 0 Å². The number of aromatic nitrogens is 3. The summed E-state index contributed by atoms with van der Waals surface area (Å²) < 4.78 is 1.48. The highest BCUT2D eigenvalue weighted by Crippen LogP contribution is 2.27. The van der Waals surface area contributed by atoms with Crippen LogP contribution < -0.4 is 10.9 Å². The molecule has 2 aromatic carbocycles. The topological polar surface area (TPSA) is 79.8 Å². The highest BCUT2D eigenvalue weighted by molar-refractivity contribution is 7.99. The number of benzene rings is 2. The van der Waals surface area contributed by atoms with Gasteiger partial charge in [0.15, 0.2) is 5.16 Å². The highest BCUT2D eigenvalue weighted by atomic mass is 32.2. The second kappa shape index (κ2) is 9.00. The Balaban J connectivity index is 1.46. The molecule has 4 aromatic rings. The molecule has 0 saturated heterocycles. The van der Waals surface area contributed by atoms with Gasteiger partial charge in [0, 0.05) is 25.4 Å². The van der Waals surface area contributed by atoms with Crippen molar-refractivity contribution in [2.75, 3.05) is 12.3 Å². The number of nitrogens with one attached hydrogen (secondary N) is 2. The van der Waals surface area contributed by atoms with Crippen molar-refractivity contribution in [3.05, 3.63) is 82.8 Å². The number of nitrogens with zero attached hydrogens (tertiary/aromatic N) is 2. The van der Waals surface area contributed by atoms with Gasteiger partial charge in [0.2, 0.25) is 5.91 Å². The van der Waals surface area contributed by atoms with Gasteiger partial charge in [-0.15, -0.1) is 0 Å². The summed E-state index contributed by atoms with van der Waals surface area (Å²) in [7, 11) is 1.67. The Labute approximate surface area is 178 Å². The van der Waals surface area contributed by atoms with Gasteiger partial charge in [0.25, 0.3) is 5.56 Å². The zero-order valence-electron chi connectivity index (χ0n) is 16.6. The number of carbonyl (C=O) groups is 1. The molecule has 2 heterocycles. The van der Waals surface area contributed by atoms with Gasteiger partial charge < -0.3 is 10.3 Å². The van der Waals surface area contributed by atoms with Crippen molar-refractivity contribution in [1.82, 2.24) is 19.9 Å². The predicted molar refractivity (Wildman–Crippen MR) is 121 cm³/mol. The lowest BCUT2D eigenvalue weighted by Crippen LogP contribution is -2.28. The SMILES string of the molecule is Cn1c(SCC(=O)NCCc2ccccc2)nc2c(-c3ccccc3)c[nH]c2c1=O. The van der Waals surface area contributed by atoms with Crippen LogP contribution in [0.5, 0.6) is 0 Å². The van der Waals surface area contributed by atoms with Crippen molar-refractivity contribution in [1.29, 1.82) is 0 Å². The number of amides is 1. The lowest BCUT2D eigenvalue weighted by Gasteiger charge is -2.09. The molecule has 7 heteroatoms. The fourth-order valence-electron chi connectivity index (χ4n) is 3.26. The Morgan fingerprint density at radius 2 is 1.80 bits per heavy atom. The van der Waals surface area contributed by atoms with E-state index in [-0.39, 0.29) is 17.2 Å². The molecule has 0 bridgehead atoms. The largest absolute Gasteiger partial charge is 0.355 e. The van der Waals surface area contributed by atoms with E-state index < -0.39 is 0 Å². The third-order valence-electron chi connectivity index (χ3n) is 4.86. The van der Waals surface area contributed by atoms with Crippen LogP contribution in [-0.4, -0.2) is 32.7 Å². The van der Waals surface area contributed by atoms with Crippen molar-refractivity contribution in [3.63, 3.8) is 0 Å². The Bertz CT molecular complexity index is 1220. The molecule has 0 aliphatic heterocycles. The lowest BCUT2D eigenvalue weighted by molar-refractivity contribution is -0.118. The molecule has 6 nitrogen and oxygen atoms in total. The smallest absolute Gasteiger partial charge is 0.278 e. The zero-order valence-corrected chi connectivity index (χ0v) is 17.4. The molecule has 2 aromatic heterocycles. The van der Waals surface area contributed by atoms with Crippen LogP contribution >= 0.6 is 11.8 Å². The summed E-state index contributed by atoms with van der Waals surface area (Å²) in [5, 5.41) is 3.44. The molecule has 0 radical (unpaired) electrons. The standard InChI is InChI=1S/C23H22N4O2S/c1-27-22(29)21-20(18(14-25-21)17-10-6-3-7-11-17)26-23(27)30-15-19(28)24-13-12-16-8-4-2-5-9-16/h2-11,14,25H,12-13,15H2,1H3,(H,24,28). The molecular weight excluding hydrogens is 396 g/mol. The second-order valence-corrected chi connectivity index (χ2v) is 7.87. The van der Waals surface area contributed by atoms with Crippen LogP contribution in [0.25, 0.3) is 22.2 Å². The molecule has 152 valence electrons. The van der Waals surface area contributed by atoms with Crippen LogP contribution in [0.1, 0.15) is 5.56 Å². The molecule has 0 saturated carbocycles. The van der Waals surface area contributed by atoms with E-state index in [1.54, 1.807) is 13.2 Å². The maximum Gasteiger partial charge on any atom is 0.278 e. The fourth-order valence-corrected chi connectivity index (χ4v) is 4.05. The first kappa shape index (κ1) is 20.0. The molecule has 30 heavy (non-hydrogen) atoms. The number of H-pyrrole nitrogens is 1. The van der Waals surface area contributed by atoms with E-state index in [9.17, 15) is 9.59 Å². The average molecular weight is 419 g/mol. The number of hydrogen-bond acceptors (Lipinski definition) is 4. The summed E-state index contributed by atoms with van der Waals surface area (Å²) in [6.45, 7) is 0.574. The normalized spacial score (nSPS) is 11.0. The molecule has 0 aliphatic carbocycles. The third-order valence-corrected chi connectivity index (χ3v) is 5.89. The quantitative estimate of drug-likeness (QED) is 0.356. The van der Waals surface area contributed by atoms with E-state index in [1.165, 1.54) is 21.9 Å². The molecule has 0 aliphatic rings. The summed E-state index contributed by atoms with van der Waals surface area (Å²) in [4.78, 5) is 32.7. The molecule has 0 spiro atoms. The number of carbonyl (C=O) groups excluding carboxylic acids is 1. The van der Waals surface area contributed by atoms with Crippen molar-refractivity contribution >= 4 is 28.7 Å². The van der Waals surface area contributed by atoms with Gasteiger partial charge in [-0.1, -0.05) is 72.4 Å². The van der Waals surface area contributed by atoms with Crippen LogP contribution in [0, 0.1) is 0 Å². The Hall–Kier alpha value is -3.32. The van der Waals surface area contributed by atoms with Gasteiger partial charge in [0.05, 0.1) is 5.75 Å². The summed E-state index contributed by atoms with van der Waals surface area (Å²) in [5.74, 6) is 0.119. The van der Waals surface area contributed by atoms with E-state index in [2.05, 4.69) is 15.3 Å². The fraction of sp³-hybridized carbons (Fsp3) is 0.174. The van der Waals surface area contributed by atoms with Crippen LogP contribution in [0.3, 0.4) is 0 Å². The number of thioether (sulfide) groups is 1. The predicted octanol–water partition coefficient (Wildman–Crippen LogP) is 3.38. The number of aromatic amines is 1. The van der Waals surface area contributed by atoms with Gasteiger partial charge in [-0.25, -0.2) is 4.98 Å². The Morgan fingerprint density at radius 3 is 2.53 bits per heavy atom. The second-order valence-electron chi connectivity index (χ2n) is 6.92. The summed E-state index contributed by atoms with van der Waals surface area (Å²) >= 11 is 1.26. The summed E-state index contributed by atoms with van der Waals surface area (Å²) in [5.41, 5.74) is 3.97. The van der Waals surface area contributed by atoms with Gasteiger partial charge in [-0.3, -0.25) is 14.2 Å². The molecule has 0 atom stereocenters. The van der Waals surface area contributed by atoms with Gasteiger partial charge in [0.1, 0.15) is 11.0 Å². The first-order valence-corrected chi connectivity index (χ1v) is 10.7. The lowest BCUT2D eigenvalue weighted by atomic mass is 10.1. The van der Waals surface area contributed by atoms with E-state index >= 15 is 0 Å². The molecule has 4 rings (SSSR count). The van der Waals surface area contributed by atoms with Crippen LogP contribution in [0.2, 0.25) is 0 Å². The molecular formula is C23H22N4O2S. The van der Waals surface area contributed by atoms with Crippen molar-refractivity contribution in [3.8, 4) is 11.1 Å². The minimum absolute atomic E-state index is 0.0809. The number of rotatable bonds is 7. The van der Waals surface area contributed by atoms with E-state index in [1.807, 2.05) is 60.7 Å². The highest BCUT2D eigenvalue weighted by Gasteiger charge is 2.15. The van der Waals surface area contributed by atoms with Gasteiger partial charge in [-0.05, 0) is 17.5 Å². The Morgan fingerprint density at radius 1 is 1.10 bits per heavy atom. The number of hydrogen-bond donors (Lipinski definition) is 2. The average Bonchev–Trinajstić information content (AvgIpc) is 3.20. The van der Waals surface area contributed by atoms with Crippen LogP contribution in [0.4, 0.5) is 0 Å². The van der Waals surface area contributed by atoms with Crippen molar-refractivity contribution in [2.45, 2.75) is 11.6 Å². The zero-order chi connectivity index (χ0) is 20.9. The van der Waals surface area contributed by atoms with Crippen molar-refractivity contribution in [2.24, 2.45) is 7.05 Å². The maximum atomic E-state index is 12.7. The summed E-state index contributed by atoms with van der Waals surface area (Å²) in [6, 6.07) is 19.8. The minimum atomic E-state index is -0.158.